The number of nitrogens with zero attached hydrogens (tertiary/aromatic N) is 1. The molecule has 0 aromatic heterocycles. The minimum atomic E-state index is -4.76. The smallest absolute Gasteiger partial charge is 0.422 e. The zero-order valence-corrected chi connectivity index (χ0v) is 13.4. The van der Waals surface area contributed by atoms with Crippen LogP contribution in [0.15, 0.2) is 24.3 Å². The summed E-state index contributed by atoms with van der Waals surface area (Å²) in [6, 6.07) is 3.62. The Labute approximate surface area is 144 Å². The van der Waals surface area contributed by atoms with Crippen molar-refractivity contribution in [1.29, 1.82) is 0 Å². The van der Waals surface area contributed by atoms with Crippen LogP contribution in [0.2, 0.25) is 0 Å². The normalized spacial score (nSPS) is 15.3. The van der Waals surface area contributed by atoms with Crippen LogP contribution in [-0.4, -0.2) is 35.6 Å². The summed E-state index contributed by atoms with van der Waals surface area (Å²) in [4.78, 5) is 24.8. The molecule has 1 aromatic rings. The van der Waals surface area contributed by atoms with E-state index in [1.807, 2.05) is 0 Å². The number of halogens is 6. The predicted octanol–water partition coefficient (Wildman–Crippen LogP) is 3.69. The minimum absolute atomic E-state index is 0.192. The van der Waals surface area contributed by atoms with Crippen LogP contribution in [0.3, 0.4) is 0 Å². The van der Waals surface area contributed by atoms with E-state index in [1.165, 1.54) is 0 Å². The number of carbonyl (C=O) groups is 2. The highest BCUT2D eigenvalue weighted by Crippen LogP contribution is 2.30. The van der Waals surface area contributed by atoms with Gasteiger partial charge in [0, 0.05) is 12.6 Å². The Balaban J connectivity index is 2.07. The van der Waals surface area contributed by atoms with E-state index < -0.39 is 36.4 Å². The lowest BCUT2D eigenvalue weighted by Crippen LogP contribution is -2.47. The molecule has 10 heteroatoms. The summed E-state index contributed by atoms with van der Waals surface area (Å²) >= 11 is 0. The van der Waals surface area contributed by atoms with Crippen molar-refractivity contribution < 1.29 is 40.7 Å². The van der Waals surface area contributed by atoms with Crippen molar-refractivity contribution in [3.63, 3.8) is 0 Å². The third-order valence-electron chi connectivity index (χ3n) is 3.95. The van der Waals surface area contributed by atoms with E-state index in [0.717, 1.165) is 35.6 Å². The number of hydrogen-bond donors (Lipinski definition) is 0. The van der Waals surface area contributed by atoms with Crippen LogP contribution < -0.4 is 0 Å². The molecule has 1 aromatic carbocycles. The quantitative estimate of drug-likeness (QED) is 0.453. The summed E-state index contributed by atoms with van der Waals surface area (Å²) in [6.07, 6.45) is -7.38. The molecular formula is C16H15F6NO3. The third-order valence-corrected chi connectivity index (χ3v) is 3.95. The van der Waals surface area contributed by atoms with Crippen LogP contribution in [-0.2, 0) is 27.0 Å². The van der Waals surface area contributed by atoms with E-state index in [0.29, 0.717) is 18.4 Å². The maximum atomic E-state index is 12.6. The van der Waals surface area contributed by atoms with E-state index in [-0.39, 0.29) is 12.6 Å². The molecule has 1 amide bonds. The first-order chi connectivity index (χ1) is 12.0. The Morgan fingerprint density at radius 1 is 1.04 bits per heavy atom. The van der Waals surface area contributed by atoms with Gasteiger partial charge in [-0.15, -0.1) is 0 Å². The molecule has 1 fully saturated rings. The second-order valence-corrected chi connectivity index (χ2v) is 5.90. The van der Waals surface area contributed by atoms with Gasteiger partial charge in [0.05, 0.1) is 5.56 Å². The average Bonchev–Trinajstić information content (AvgIpc) is 2.48. The van der Waals surface area contributed by atoms with Gasteiger partial charge in [-0.25, -0.2) is 4.79 Å². The van der Waals surface area contributed by atoms with Gasteiger partial charge in [-0.3, -0.25) is 4.79 Å². The third kappa shape index (κ3) is 5.37. The summed E-state index contributed by atoms with van der Waals surface area (Å²) < 4.78 is 78.0. The van der Waals surface area contributed by atoms with Crippen LogP contribution in [0.4, 0.5) is 26.3 Å². The Bertz CT molecular complexity index is 649. The number of amides is 1. The molecule has 4 nitrogen and oxygen atoms in total. The van der Waals surface area contributed by atoms with Gasteiger partial charge in [0.2, 0.25) is 0 Å². The second-order valence-electron chi connectivity index (χ2n) is 5.90. The van der Waals surface area contributed by atoms with Crippen molar-refractivity contribution in [3.05, 3.63) is 35.4 Å². The first-order valence-corrected chi connectivity index (χ1v) is 7.68. The van der Waals surface area contributed by atoms with E-state index in [4.69, 9.17) is 0 Å². The Morgan fingerprint density at radius 2 is 1.62 bits per heavy atom. The average molecular weight is 383 g/mol. The van der Waals surface area contributed by atoms with Crippen molar-refractivity contribution in [1.82, 2.24) is 4.90 Å². The van der Waals surface area contributed by atoms with E-state index in [9.17, 15) is 35.9 Å². The molecule has 144 valence electrons. The van der Waals surface area contributed by atoms with Gasteiger partial charge in [0.25, 0.3) is 0 Å². The monoisotopic (exact) mass is 383 g/mol. The topological polar surface area (TPSA) is 46.6 Å². The minimum Gasteiger partial charge on any atom is -0.449 e. The molecule has 26 heavy (non-hydrogen) atoms. The predicted molar refractivity (Wildman–Crippen MR) is 76.6 cm³/mol. The zero-order chi connectivity index (χ0) is 19.5. The van der Waals surface area contributed by atoms with Crippen molar-refractivity contribution in [2.24, 2.45) is 0 Å². The molecule has 0 radical (unpaired) electrons. The van der Waals surface area contributed by atoms with Crippen molar-refractivity contribution in [2.45, 2.75) is 44.2 Å². The van der Waals surface area contributed by atoms with Gasteiger partial charge in [-0.2, -0.15) is 26.3 Å². The van der Waals surface area contributed by atoms with Crippen molar-refractivity contribution in [3.8, 4) is 0 Å². The molecule has 0 unspecified atom stereocenters. The second kappa shape index (κ2) is 7.55. The van der Waals surface area contributed by atoms with Crippen LogP contribution in [0, 0.1) is 0 Å². The molecule has 2 rings (SSSR count). The molecule has 0 heterocycles. The highest BCUT2D eigenvalue weighted by Gasteiger charge is 2.36. The summed E-state index contributed by atoms with van der Waals surface area (Å²) in [6.45, 7) is -2.07. The number of alkyl halides is 6. The number of esters is 1. The van der Waals surface area contributed by atoms with Crippen LogP contribution in [0.25, 0.3) is 0 Å². The Kier molecular flexibility index (Phi) is 5.82. The molecule has 1 aliphatic rings. The summed E-state index contributed by atoms with van der Waals surface area (Å²) in [7, 11) is 0. The number of ether oxygens (including phenoxy) is 1. The lowest BCUT2D eigenvalue weighted by atomic mass is 9.91. The highest BCUT2D eigenvalue weighted by atomic mass is 19.4. The SMILES string of the molecule is O=C(OCC(F)(F)F)C(=O)N(Cc1ccc(C(F)(F)F)cc1)C1CCC1. The van der Waals surface area contributed by atoms with Gasteiger partial charge in [0.1, 0.15) is 0 Å². The first-order valence-electron chi connectivity index (χ1n) is 7.68. The first kappa shape index (κ1) is 20.1. The van der Waals surface area contributed by atoms with Gasteiger partial charge >= 0.3 is 24.2 Å². The van der Waals surface area contributed by atoms with Gasteiger partial charge in [0.15, 0.2) is 6.61 Å². The number of benzene rings is 1. The fourth-order valence-electron chi connectivity index (χ4n) is 2.39. The number of carbonyl (C=O) groups excluding carboxylic acids is 2. The molecule has 0 bridgehead atoms. The molecule has 1 aliphatic carbocycles. The zero-order valence-electron chi connectivity index (χ0n) is 13.4. The maximum Gasteiger partial charge on any atom is 0.422 e. The molecule has 0 atom stereocenters. The molecule has 0 saturated heterocycles. The Hall–Kier alpha value is -2.26. The number of hydrogen-bond acceptors (Lipinski definition) is 3. The summed E-state index contributed by atoms with van der Waals surface area (Å²) in [5.74, 6) is -2.88. The lowest BCUT2D eigenvalue weighted by Gasteiger charge is -2.37. The van der Waals surface area contributed by atoms with Crippen LogP contribution >= 0.6 is 0 Å². The van der Waals surface area contributed by atoms with E-state index in [1.54, 1.807) is 0 Å². The van der Waals surface area contributed by atoms with E-state index in [2.05, 4.69) is 4.74 Å². The van der Waals surface area contributed by atoms with Crippen molar-refractivity contribution >= 4 is 11.9 Å². The molecule has 0 spiro atoms. The fraction of sp³-hybridized carbons (Fsp3) is 0.500. The van der Waals surface area contributed by atoms with Crippen LogP contribution in [0.5, 0.6) is 0 Å². The van der Waals surface area contributed by atoms with Crippen LogP contribution in [0.1, 0.15) is 30.4 Å². The summed E-state index contributed by atoms with van der Waals surface area (Å²) in [5, 5.41) is 0. The lowest BCUT2D eigenvalue weighted by molar-refractivity contribution is -0.190. The number of rotatable bonds is 4. The van der Waals surface area contributed by atoms with Gasteiger partial charge < -0.3 is 9.64 Å². The van der Waals surface area contributed by atoms with Crippen molar-refractivity contribution in [2.75, 3.05) is 6.61 Å². The molecular weight excluding hydrogens is 368 g/mol. The fourth-order valence-corrected chi connectivity index (χ4v) is 2.39. The standard InChI is InChI=1S/C16H15F6NO3/c17-15(18,19)9-26-14(25)13(24)23(12-2-1-3-12)8-10-4-6-11(7-5-10)16(20,21)22/h4-7,12H,1-3,8-9H2. The van der Waals surface area contributed by atoms with E-state index >= 15 is 0 Å². The maximum absolute atomic E-state index is 12.6. The summed E-state index contributed by atoms with van der Waals surface area (Å²) in [5.41, 5.74) is -0.547. The highest BCUT2D eigenvalue weighted by molar-refractivity contribution is 6.32. The van der Waals surface area contributed by atoms with Gasteiger partial charge in [-0.05, 0) is 37.0 Å². The largest absolute Gasteiger partial charge is 0.449 e. The molecule has 0 N–H and O–H groups in total. The van der Waals surface area contributed by atoms with Gasteiger partial charge in [-0.1, -0.05) is 12.1 Å². The molecule has 1 saturated carbocycles. The Morgan fingerprint density at radius 3 is 2.04 bits per heavy atom. The molecule has 0 aliphatic heterocycles.